The zero-order chi connectivity index (χ0) is 12.3. The first-order valence-electron chi connectivity index (χ1n) is 4.89. The summed E-state index contributed by atoms with van der Waals surface area (Å²) >= 11 is 0. The first kappa shape index (κ1) is 11.2. The molecule has 17 heavy (non-hydrogen) atoms. The normalized spacial score (nSPS) is 9.71. The van der Waals surface area contributed by atoms with E-state index in [4.69, 9.17) is 11.2 Å². The van der Waals surface area contributed by atoms with Gasteiger partial charge in [0, 0.05) is 5.56 Å². The van der Waals surface area contributed by atoms with E-state index in [2.05, 4.69) is 5.92 Å². The molecule has 0 bridgehead atoms. The number of hydrogen-bond donors (Lipinski definition) is 0. The quantitative estimate of drug-likeness (QED) is 0.714. The van der Waals surface area contributed by atoms with Gasteiger partial charge < -0.3 is 4.74 Å². The molecule has 0 spiro atoms. The molecular weight excluding hydrogens is 222 g/mol. The Kier molecular flexibility index (Phi) is 3.06. The summed E-state index contributed by atoms with van der Waals surface area (Å²) in [5.41, 5.74) is 0.673. The molecule has 2 rings (SSSR count). The minimum Gasteiger partial charge on any atom is -0.451 e. The van der Waals surface area contributed by atoms with Crippen molar-refractivity contribution >= 4 is 0 Å². The predicted molar refractivity (Wildman–Crippen MR) is 60.8 cm³/mol. The summed E-state index contributed by atoms with van der Waals surface area (Å²) in [6.45, 7) is 0. The molecule has 0 N–H and O–H groups in total. The van der Waals surface area contributed by atoms with Crippen molar-refractivity contribution in [2.24, 2.45) is 0 Å². The second-order valence-electron chi connectivity index (χ2n) is 3.32. The summed E-state index contributed by atoms with van der Waals surface area (Å²) in [6, 6.07) is 9.92. The number of benzene rings is 2. The molecular formula is C14H8F2O. The fourth-order valence-corrected chi connectivity index (χ4v) is 1.32. The second-order valence-corrected chi connectivity index (χ2v) is 3.32. The van der Waals surface area contributed by atoms with Gasteiger partial charge in [-0.05, 0) is 36.4 Å². The van der Waals surface area contributed by atoms with Gasteiger partial charge in [-0.2, -0.15) is 0 Å². The van der Waals surface area contributed by atoms with E-state index in [0.717, 1.165) is 12.1 Å². The number of para-hydroxylation sites is 1. The molecule has 3 heteroatoms. The third-order valence-corrected chi connectivity index (χ3v) is 2.16. The summed E-state index contributed by atoms with van der Waals surface area (Å²) in [7, 11) is 0. The van der Waals surface area contributed by atoms with Gasteiger partial charge in [0.05, 0.1) is 0 Å². The van der Waals surface area contributed by atoms with Gasteiger partial charge in [0.1, 0.15) is 5.75 Å². The topological polar surface area (TPSA) is 9.23 Å². The van der Waals surface area contributed by atoms with Crippen molar-refractivity contribution in [1.29, 1.82) is 0 Å². The molecule has 2 aromatic rings. The van der Waals surface area contributed by atoms with Gasteiger partial charge in [-0.3, -0.25) is 0 Å². The van der Waals surface area contributed by atoms with Crippen molar-refractivity contribution in [2.75, 3.05) is 0 Å². The molecule has 0 amide bonds. The fourth-order valence-electron chi connectivity index (χ4n) is 1.32. The maximum Gasteiger partial charge on any atom is 0.198 e. The van der Waals surface area contributed by atoms with Crippen molar-refractivity contribution in [1.82, 2.24) is 0 Å². The largest absolute Gasteiger partial charge is 0.451 e. The average Bonchev–Trinajstić information content (AvgIpc) is 2.35. The lowest BCUT2D eigenvalue weighted by molar-refractivity contribution is 0.407. The molecule has 2 aromatic carbocycles. The molecule has 0 heterocycles. The highest BCUT2D eigenvalue weighted by Gasteiger charge is 2.10. The van der Waals surface area contributed by atoms with E-state index in [1.165, 1.54) is 6.07 Å². The SMILES string of the molecule is C#Cc1ccc(Oc2c(F)cccc2F)cc1. The Balaban J connectivity index is 2.29. The van der Waals surface area contributed by atoms with Gasteiger partial charge >= 0.3 is 0 Å². The van der Waals surface area contributed by atoms with Crippen LogP contribution in [0.25, 0.3) is 0 Å². The molecule has 0 aliphatic heterocycles. The van der Waals surface area contributed by atoms with Gasteiger partial charge in [-0.25, -0.2) is 8.78 Å². The lowest BCUT2D eigenvalue weighted by atomic mass is 10.2. The highest BCUT2D eigenvalue weighted by Crippen LogP contribution is 2.27. The molecule has 0 fully saturated rings. The van der Waals surface area contributed by atoms with Gasteiger partial charge in [-0.1, -0.05) is 12.0 Å². The zero-order valence-corrected chi connectivity index (χ0v) is 8.78. The van der Waals surface area contributed by atoms with Crippen LogP contribution in [0, 0.1) is 24.0 Å². The fraction of sp³-hybridized carbons (Fsp3) is 0. The molecule has 0 aliphatic carbocycles. The van der Waals surface area contributed by atoms with E-state index in [1.54, 1.807) is 24.3 Å². The molecule has 0 aromatic heterocycles. The van der Waals surface area contributed by atoms with Crippen LogP contribution in [0.2, 0.25) is 0 Å². The highest BCUT2D eigenvalue weighted by molar-refractivity contribution is 5.39. The van der Waals surface area contributed by atoms with Crippen LogP contribution in [-0.4, -0.2) is 0 Å². The van der Waals surface area contributed by atoms with Crippen LogP contribution in [0.5, 0.6) is 11.5 Å². The van der Waals surface area contributed by atoms with Crippen LogP contribution in [0.15, 0.2) is 42.5 Å². The summed E-state index contributed by atoms with van der Waals surface area (Å²) < 4.78 is 31.7. The van der Waals surface area contributed by atoms with Crippen LogP contribution in [-0.2, 0) is 0 Å². The standard InChI is InChI=1S/C14H8F2O/c1-2-10-6-8-11(9-7-10)17-14-12(15)4-3-5-13(14)16/h1,3-9H. The van der Waals surface area contributed by atoms with Crippen LogP contribution in [0.1, 0.15) is 5.56 Å². The smallest absolute Gasteiger partial charge is 0.198 e. The number of hydrogen-bond acceptors (Lipinski definition) is 1. The lowest BCUT2D eigenvalue weighted by Gasteiger charge is -2.07. The van der Waals surface area contributed by atoms with Crippen molar-refractivity contribution < 1.29 is 13.5 Å². The Morgan fingerprint density at radius 1 is 0.941 bits per heavy atom. The second kappa shape index (κ2) is 4.67. The summed E-state index contributed by atoms with van der Waals surface area (Å²) in [4.78, 5) is 0. The summed E-state index contributed by atoms with van der Waals surface area (Å²) in [6.07, 6.45) is 5.19. The molecule has 1 nitrogen and oxygen atoms in total. The van der Waals surface area contributed by atoms with E-state index in [0.29, 0.717) is 11.3 Å². The van der Waals surface area contributed by atoms with Crippen LogP contribution in [0.3, 0.4) is 0 Å². The molecule has 0 aliphatic rings. The van der Waals surface area contributed by atoms with Gasteiger partial charge in [0.15, 0.2) is 17.4 Å². The molecule has 84 valence electrons. The Labute approximate surface area is 97.7 Å². The first-order chi connectivity index (χ1) is 8.20. The average molecular weight is 230 g/mol. The maximum absolute atomic E-state index is 13.3. The van der Waals surface area contributed by atoms with Crippen molar-refractivity contribution in [3.63, 3.8) is 0 Å². The van der Waals surface area contributed by atoms with Crippen molar-refractivity contribution in [3.05, 3.63) is 59.7 Å². The zero-order valence-electron chi connectivity index (χ0n) is 8.78. The Bertz CT molecular complexity index is 548. The minimum atomic E-state index is -0.744. The van der Waals surface area contributed by atoms with E-state index >= 15 is 0 Å². The third kappa shape index (κ3) is 2.43. The monoisotopic (exact) mass is 230 g/mol. The lowest BCUT2D eigenvalue weighted by Crippen LogP contribution is -1.92. The number of rotatable bonds is 2. The Morgan fingerprint density at radius 2 is 1.53 bits per heavy atom. The Hall–Kier alpha value is -2.34. The number of halogens is 2. The number of terminal acetylenes is 1. The predicted octanol–water partition coefficient (Wildman–Crippen LogP) is 3.74. The van der Waals surface area contributed by atoms with E-state index < -0.39 is 17.4 Å². The minimum absolute atomic E-state index is 0.327. The molecule has 0 saturated heterocycles. The highest BCUT2D eigenvalue weighted by atomic mass is 19.1. The number of ether oxygens (including phenoxy) is 1. The van der Waals surface area contributed by atoms with E-state index in [9.17, 15) is 8.78 Å². The van der Waals surface area contributed by atoms with Gasteiger partial charge in [0.2, 0.25) is 0 Å². The van der Waals surface area contributed by atoms with Crippen molar-refractivity contribution in [3.8, 4) is 23.8 Å². The van der Waals surface area contributed by atoms with Gasteiger partial charge in [-0.15, -0.1) is 6.42 Å². The molecule has 0 saturated carbocycles. The molecule has 0 unspecified atom stereocenters. The van der Waals surface area contributed by atoms with Crippen LogP contribution < -0.4 is 4.74 Å². The van der Waals surface area contributed by atoms with Crippen molar-refractivity contribution in [2.45, 2.75) is 0 Å². The van der Waals surface area contributed by atoms with E-state index in [1.807, 2.05) is 0 Å². The van der Waals surface area contributed by atoms with Crippen LogP contribution >= 0.6 is 0 Å². The van der Waals surface area contributed by atoms with E-state index in [-0.39, 0.29) is 0 Å². The molecule has 0 radical (unpaired) electrons. The molecule has 0 atom stereocenters. The third-order valence-electron chi connectivity index (χ3n) is 2.16. The first-order valence-corrected chi connectivity index (χ1v) is 4.89. The maximum atomic E-state index is 13.3. The van der Waals surface area contributed by atoms with Gasteiger partial charge in [0.25, 0.3) is 0 Å². The summed E-state index contributed by atoms with van der Waals surface area (Å²) in [5, 5.41) is 0. The summed E-state index contributed by atoms with van der Waals surface area (Å²) in [5.74, 6) is 0.859. The van der Waals surface area contributed by atoms with Crippen LogP contribution in [0.4, 0.5) is 8.78 Å². The Morgan fingerprint density at radius 3 is 2.06 bits per heavy atom.